The lowest BCUT2D eigenvalue weighted by atomic mass is 10.1. The molecule has 212 valence electrons. The fraction of sp³-hybridized carbons (Fsp3) is 0.323. The Morgan fingerprint density at radius 2 is 1.50 bits per heavy atom. The fourth-order valence-electron chi connectivity index (χ4n) is 3.73. The van der Waals surface area contributed by atoms with E-state index in [1.54, 1.807) is 42.5 Å². The monoisotopic (exact) mass is 547 g/mol. The third-order valence-corrected chi connectivity index (χ3v) is 5.90. The maximum atomic E-state index is 12.8. The van der Waals surface area contributed by atoms with Crippen molar-refractivity contribution in [2.45, 2.75) is 46.5 Å². The lowest BCUT2D eigenvalue weighted by molar-refractivity contribution is -0.137. The number of rotatable bonds is 14. The van der Waals surface area contributed by atoms with Crippen LogP contribution in [0.5, 0.6) is 11.5 Å². The van der Waals surface area contributed by atoms with Crippen LogP contribution in [0, 0.1) is 12.8 Å². The average Bonchev–Trinajstić information content (AvgIpc) is 2.89. The molecule has 0 saturated carbocycles. The lowest BCUT2D eigenvalue weighted by Gasteiger charge is -2.14. The molecule has 0 bridgehead atoms. The molecule has 0 aromatic heterocycles. The number of benzene rings is 3. The van der Waals surface area contributed by atoms with Gasteiger partial charge in [0.05, 0.1) is 19.6 Å². The summed E-state index contributed by atoms with van der Waals surface area (Å²) in [6.07, 6.45) is 1.39. The van der Waals surface area contributed by atoms with E-state index in [1.165, 1.54) is 0 Å². The number of nitrogens with one attached hydrogen (secondary N) is 3. The second kappa shape index (κ2) is 15.2. The maximum absolute atomic E-state index is 12.8. The quantitative estimate of drug-likeness (QED) is 0.171. The number of hydrogen-bond acceptors (Lipinski definition) is 5. The molecule has 9 nitrogen and oxygen atoms in total. The Labute approximate surface area is 234 Å². The van der Waals surface area contributed by atoms with Crippen LogP contribution in [0.15, 0.2) is 66.7 Å². The van der Waals surface area contributed by atoms with Gasteiger partial charge in [-0.05, 0) is 55.0 Å². The van der Waals surface area contributed by atoms with Gasteiger partial charge >= 0.3 is 12.0 Å². The number of aliphatic carboxylic acids is 1. The minimum absolute atomic E-state index is 0.0137. The largest absolute Gasteiger partial charge is 0.493 e. The second-order valence-electron chi connectivity index (χ2n) is 9.89. The van der Waals surface area contributed by atoms with Gasteiger partial charge in [-0.3, -0.25) is 9.59 Å². The second-order valence-corrected chi connectivity index (χ2v) is 9.89. The minimum atomic E-state index is -0.878. The first-order valence-corrected chi connectivity index (χ1v) is 13.3. The summed E-state index contributed by atoms with van der Waals surface area (Å²) in [4.78, 5) is 35.9. The summed E-state index contributed by atoms with van der Waals surface area (Å²) in [6, 6.07) is 19.4. The Hall–Kier alpha value is -4.53. The molecule has 3 rings (SSSR count). The molecule has 0 spiro atoms. The van der Waals surface area contributed by atoms with Crippen molar-refractivity contribution in [1.82, 2.24) is 0 Å². The highest BCUT2D eigenvalue weighted by Crippen LogP contribution is 2.27. The van der Waals surface area contributed by atoms with Crippen LogP contribution in [0.1, 0.15) is 44.2 Å². The first-order chi connectivity index (χ1) is 19.2. The average molecular weight is 548 g/mol. The standard InChI is InChI=1S/C31H37N3O6/c1-21(2)14-16-40-27-19-25(18-26(20-27)39-15-6-9-30(36)37)32-29(35)17-23-10-12-24(13-11-23)33-31(38)34-28-8-5-4-7-22(28)3/h4-5,7-8,10-13,18-21H,6,9,14-17H2,1-3H3,(H,32,35)(H,36,37)(H2,33,34,38). The van der Waals surface area contributed by atoms with Gasteiger partial charge in [-0.15, -0.1) is 0 Å². The Morgan fingerprint density at radius 1 is 0.825 bits per heavy atom. The van der Waals surface area contributed by atoms with Crippen LogP contribution < -0.4 is 25.4 Å². The molecule has 3 aromatic rings. The van der Waals surface area contributed by atoms with Crippen molar-refractivity contribution < 1.29 is 29.0 Å². The molecule has 0 radical (unpaired) electrons. The van der Waals surface area contributed by atoms with E-state index in [0.717, 1.165) is 23.2 Å². The first-order valence-electron chi connectivity index (χ1n) is 13.3. The molecule has 0 atom stereocenters. The maximum Gasteiger partial charge on any atom is 0.323 e. The highest BCUT2D eigenvalue weighted by molar-refractivity contribution is 6.00. The third-order valence-electron chi connectivity index (χ3n) is 5.90. The van der Waals surface area contributed by atoms with E-state index in [-0.39, 0.29) is 31.4 Å². The van der Waals surface area contributed by atoms with Gasteiger partial charge in [-0.2, -0.15) is 0 Å². The van der Waals surface area contributed by atoms with E-state index in [4.69, 9.17) is 14.6 Å². The van der Waals surface area contributed by atoms with Crippen LogP contribution >= 0.6 is 0 Å². The van der Waals surface area contributed by atoms with Crippen LogP contribution in [0.25, 0.3) is 0 Å². The Balaban J connectivity index is 1.57. The number of ether oxygens (including phenoxy) is 2. The number of carbonyl (C=O) groups is 3. The zero-order valence-electron chi connectivity index (χ0n) is 23.2. The van der Waals surface area contributed by atoms with Crippen molar-refractivity contribution in [2.75, 3.05) is 29.2 Å². The van der Waals surface area contributed by atoms with Gasteiger partial charge in [-0.25, -0.2) is 4.79 Å². The molecular formula is C31H37N3O6. The molecular weight excluding hydrogens is 510 g/mol. The molecule has 0 aliphatic carbocycles. The summed E-state index contributed by atoms with van der Waals surface area (Å²) in [7, 11) is 0. The molecule has 0 saturated heterocycles. The van der Waals surface area contributed by atoms with Crippen molar-refractivity contribution in [2.24, 2.45) is 5.92 Å². The van der Waals surface area contributed by atoms with E-state index in [2.05, 4.69) is 29.8 Å². The van der Waals surface area contributed by atoms with Gasteiger partial charge in [0.15, 0.2) is 0 Å². The fourth-order valence-corrected chi connectivity index (χ4v) is 3.73. The molecule has 3 amide bonds. The van der Waals surface area contributed by atoms with Gasteiger partial charge in [0, 0.05) is 41.7 Å². The van der Waals surface area contributed by atoms with E-state index in [0.29, 0.717) is 41.8 Å². The molecule has 0 heterocycles. The zero-order chi connectivity index (χ0) is 28.9. The van der Waals surface area contributed by atoms with Crippen LogP contribution in [0.3, 0.4) is 0 Å². The summed E-state index contributed by atoms with van der Waals surface area (Å²) >= 11 is 0. The summed E-state index contributed by atoms with van der Waals surface area (Å²) in [5.41, 5.74) is 3.59. The summed E-state index contributed by atoms with van der Waals surface area (Å²) in [5.74, 6) is 0.428. The number of amides is 3. The van der Waals surface area contributed by atoms with E-state index < -0.39 is 5.97 Å². The number of carboxylic acids is 1. The first kappa shape index (κ1) is 30.0. The topological polar surface area (TPSA) is 126 Å². The summed E-state index contributed by atoms with van der Waals surface area (Å²) < 4.78 is 11.6. The third kappa shape index (κ3) is 10.7. The van der Waals surface area contributed by atoms with Crippen LogP contribution in [-0.2, 0) is 16.0 Å². The number of carboxylic acid groups (broad SMARTS) is 1. The number of hydrogen-bond donors (Lipinski definition) is 4. The number of para-hydroxylation sites is 1. The Morgan fingerprint density at radius 3 is 2.15 bits per heavy atom. The predicted octanol–water partition coefficient (Wildman–Crippen LogP) is 6.49. The predicted molar refractivity (Wildman–Crippen MR) is 156 cm³/mol. The normalized spacial score (nSPS) is 10.6. The number of aryl methyl sites for hydroxylation is 1. The van der Waals surface area contributed by atoms with Crippen molar-refractivity contribution >= 4 is 35.0 Å². The van der Waals surface area contributed by atoms with E-state index in [1.807, 2.05) is 31.2 Å². The molecule has 0 fully saturated rings. The number of urea groups is 1. The van der Waals surface area contributed by atoms with Crippen molar-refractivity contribution in [3.8, 4) is 11.5 Å². The van der Waals surface area contributed by atoms with Gasteiger partial charge in [0.1, 0.15) is 11.5 Å². The smallest absolute Gasteiger partial charge is 0.323 e. The van der Waals surface area contributed by atoms with Crippen LogP contribution in [-0.4, -0.2) is 36.2 Å². The number of anilines is 3. The minimum Gasteiger partial charge on any atom is -0.493 e. The molecule has 40 heavy (non-hydrogen) atoms. The highest BCUT2D eigenvalue weighted by Gasteiger charge is 2.10. The highest BCUT2D eigenvalue weighted by atomic mass is 16.5. The van der Waals surface area contributed by atoms with E-state index in [9.17, 15) is 14.4 Å². The number of carbonyl (C=O) groups excluding carboxylic acids is 2. The SMILES string of the molecule is Cc1ccccc1NC(=O)Nc1ccc(CC(=O)Nc2cc(OCCCC(=O)O)cc(OCCC(C)C)c2)cc1. The van der Waals surface area contributed by atoms with Gasteiger partial charge in [0.2, 0.25) is 5.91 Å². The lowest BCUT2D eigenvalue weighted by Crippen LogP contribution is -2.20. The molecule has 0 aliphatic rings. The van der Waals surface area contributed by atoms with Gasteiger partial charge < -0.3 is 30.5 Å². The molecule has 0 unspecified atom stereocenters. The van der Waals surface area contributed by atoms with Gasteiger partial charge in [-0.1, -0.05) is 44.2 Å². The van der Waals surface area contributed by atoms with Crippen LogP contribution in [0.2, 0.25) is 0 Å². The molecule has 3 aromatic carbocycles. The van der Waals surface area contributed by atoms with E-state index >= 15 is 0 Å². The van der Waals surface area contributed by atoms with Crippen LogP contribution in [0.4, 0.5) is 21.9 Å². The molecule has 4 N–H and O–H groups in total. The Kier molecular flexibility index (Phi) is 11.4. The summed E-state index contributed by atoms with van der Waals surface area (Å²) in [5, 5.41) is 17.3. The zero-order valence-corrected chi connectivity index (χ0v) is 23.2. The summed E-state index contributed by atoms with van der Waals surface area (Å²) in [6.45, 7) is 6.90. The molecule has 9 heteroatoms. The Bertz CT molecular complexity index is 1290. The van der Waals surface area contributed by atoms with Gasteiger partial charge in [0.25, 0.3) is 0 Å². The van der Waals surface area contributed by atoms with Crippen molar-refractivity contribution in [3.05, 3.63) is 77.9 Å². The molecule has 0 aliphatic heterocycles. The van der Waals surface area contributed by atoms with Crippen molar-refractivity contribution in [1.29, 1.82) is 0 Å². The van der Waals surface area contributed by atoms with Crippen molar-refractivity contribution in [3.63, 3.8) is 0 Å².